The van der Waals surface area contributed by atoms with E-state index >= 15 is 0 Å². The fraction of sp³-hybridized carbons (Fsp3) is 0.500. The van der Waals surface area contributed by atoms with Crippen molar-refractivity contribution in [1.82, 2.24) is 10.2 Å². The lowest BCUT2D eigenvalue weighted by molar-refractivity contribution is 0.122. The van der Waals surface area contributed by atoms with Gasteiger partial charge in [0.25, 0.3) is 0 Å². The lowest BCUT2D eigenvalue weighted by Crippen LogP contribution is -2.36. The number of nitrogen functional groups attached to an aromatic ring is 1. The lowest BCUT2D eigenvalue weighted by Gasteiger charge is -2.29. The van der Waals surface area contributed by atoms with Gasteiger partial charge in [0.15, 0.2) is 5.82 Å². The zero-order valence-corrected chi connectivity index (χ0v) is 8.87. The maximum Gasteiger partial charge on any atom is 0.183 e. The average Bonchev–Trinajstić information content (AvgIpc) is 2.30. The van der Waals surface area contributed by atoms with Crippen LogP contribution in [0.3, 0.4) is 0 Å². The predicted molar refractivity (Wildman–Crippen MR) is 57.9 cm³/mol. The van der Waals surface area contributed by atoms with Gasteiger partial charge in [-0.1, -0.05) is 11.6 Å². The van der Waals surface area contributed by atoms with Crippen molar-refractivity contribution in [3.05, 3.63) is 11.2 Å². The van der Waals surface area contributed by atoms with Gasteiger partial charge in [-0.15, -0.1) is 5.10 Å². The Morgan fingerprint density at radius 3 is 2.87 bits per heavy atom. The molecule has 0 unspecified atom stereocenters. The van der Waals surface area contributed by atoms with Crippen molar-refractivity contribution < 1.29 is 4.74 Å². The van der Waals surface area contributed by atoms with E-state index in [-0.39, 0.29) is 0 Å². The molecule has 0 aliphatic carbocycles. The van der Waals surface area contributed by atoms with Crippen molar-refractivity contribution in [3.63, 3.8) is 0 Å². The van der Waals surface area contributed by atoms with Gasteiger partial charge >= 0.3 is 0 Å². The molecule has 1 aromatic rings. The quantitative estimate of drug-likeness (QED) is 0.559. The van der Waals surface area contributed by atoms with Crippen molar-refractivity contribution >= 4 is 23.1 Å². The second kappa shape index (κ2) is 4.61. The molecule has 0 amide bonds. The summed E-state index contributed by atoms with van der Waals surface area (Å²) in [7, 11) is 0. The van der Waals surface area contributed by atoms with Crippen molar-refractivity contribution in [3.8, 4) is 0 Å². The van der Waals surface area contributed by atoms with Crippen molar-refractivity contribution in [2.24, 2.45) is 5.84 Å². The number of nitrogens with two attached hydrogens (primary N) is 1. The van der Waals surface area contributed by atoms with Gasteiger partial charge in [-0.2, -0.15) is 5.10 Å². The first-order valence-corrected chi connectivity index (χ1v) is 5.01. The molecule has 0 spiro atoms. The molecule has 1 aliphatic rings. The molecule has 15 heavy (non-hydrogen) atoms. The molecule has 0 atom stereocenters. The van der Waals surface area contributed by atoms with Crippen molar-refractivity contribution in [2.45, 2.75) is 0 Å². The summed E-state index contributed by atoms with van der Waals surface area (Å²) in [5.41, 5.74) is 3.25. The Balaban J connectivity index is 2.26. The summed E-state index contributed by atoms with van der Waals surface area (Å²) in [5, 5.41) is 8.10. The van der Waals surface area contributed by atoms with Gasteiger partial charge in [0, 0.05) is 13.1 Å². The number of nitrogens with one attached hydrogen (secondary N) is 1. The maximum atomic E-state index is 6.11. The second-order valence-electron chi connectivity index (χ2n) is 3.14. The molecule has 6 nitrogen and oxygen atoms in total. The van der Waals surface area contributed by atoms with Crippen LogP contribution in [0, 0.1) is 0 Å². The summed E-state index contributed by atoms with van der Waals surface area (Å²) in [6.45, 7) is 3.00. The van der Waals surface area contributed by atoms with Gasteiger partial charge in [0.2, 0.25) is 0 Å². The number of anilines is 2. The van der Waals surface area contributed by atoms with Crippen LogP contribution >= 0.6 is 11.6 Å². The number of aromatic nitrogens is 2. The van der Waals surface area contributed by atoms with Crippen LogP contribution in [0.2, 0.25) is 5.02 Å². The van der Waals surface area contributed by atoms with Crippen molar-refractivity contribution in [2.75, 3.05) is 36.6 Å². The Morgan fingerprint density at radius 2 is 2.20 bits per heavy atom. The largest absolute Gasteiger partial charge is 0.378 e. The van der Waals surface area contributed by atoms with Crippen LogP contribution in [0.15, 0.2) is 6.20 Å². The summed E-state index contributed by atoms with van der Waals surface area (Å²) in [6.07, 6.45) is 1.63. The van der Waals surface area contributed by atoms with E-state index in [1.165, 1.54) is 0 Å². The topological polar surface area (TPSA) is 76.3 Å². The molecule has 7 heteroatoms. The van der Waals surface area contributed by atoms with E-state index in [1.807, 2.05) is 0 Å². The molecule has 82 valence electrons. The summed E-state index contributed by atoms with van der Waals surface area (Å²) >= 11 is 6.11. The highest BCUT2D eigenvalue weighted by atomic mass is 35.5. The van der Waals surface area contributed by atoms with E-state index in [0.717, 1.165) is 18.8 Å². The summed E-state index contributed by atoms with van der Waals surface area (Å²) < 4.78 is 5.26. The number of ether oxygens (including phenoxy) is 1. The molecule has 1 aliphatic heterocycles. The number of hydrogen-bond donors (Lipinski definition) is 2. The zero-order chi connectivity index (χ0) is 10.7. The Bertz CT molecular complexity index is 342. The van der Waals surface area contributed by atoms with E-state index in [9.17, 15) is 0 Å². The Hall–Kier alpha value is -1.11. The molecule has 1 fully saturated rings. The van der Waals surface area contributed by atoms with E-state index in [4.69, 9.17) is 22.2 Å². The van der Waals surface area contributed by atoms with Crippen LogP contribution in [0.1, 0.15) is 0 Å². The minimum absolute atomic E-state index is 0.389. The standard InChI is InChI=1S/C8H12ClN5O/c9-7-6(5-11-13-8(7)12-10)14-1-3-15-4-2-14/h5H,1-4,10H2,(H,12,13). The smallest absolute Gasteiger partial charge is 0.183 e. The van der Waals surface area contributed by atoms with E-state index in [1.54, 1.807) is 6.20 Å². The van der Waals surface area contributed by atoms with E-state index in [2.05, 4.69) is 20.5 Å². The third-order valence-electron chi connectivity index (χ3n) is 2.26. The number of nitrogens with zero attached hydrogens (tertiary/aromatic N) is 3. The molecule has 1 saturated heterocycles. The SMILES string of the molecule is NNc1nncc(N2CCOCC2)c1Cl. The van der Waals surface area contributed by atoms with E-state index in [0.29, 0.717) is 24.1 Å². The summed E-state index contributed by atoms with van der Waals surface area (Å²) in [6, 6.07) is 0. The Labute approximate surface area is 92.3 Å². The zero-order valence-electron chi connectivity index (χ0n) is 8.11. The fourth-order valence-corrected chi connectivity index (χ4v) is 1.74. The molecule has 0 radical (unpaired) electrons. The highest BCUT2D eigenvalue weighted by Gasteiger charge is 2.16. The number of hydrazine groups is 1. The normalized spacial score (nSPS) is 16.5. The maximum absolute atomic E-state index is 6.11. The number of hydrogen-bond acceptors (Lipinski definition) is 6. The monoisotopic (exact) mass is 229 g/mol. The van der Waals surface area contributed by atoms with Gasteiger partial charge in [-0.3, -0.25) is 0 Å². The number of morpholine rings is 1. The number of rotatable bonds is 2. The predicted octanol–water partition coefficient (Wildman–Crippen LogP) is 0.252. The Kier molecular flexibility index (Phi) is 3.20. The Morgan fingerprint density at radius 1 is 1.47 bits per heavy atom. The van der Waals surface area contributed by atoms with Crippen LogP contribution in [0.5, 0.6) is 0 Å². The molecule has 3 N–H and O–H groups in total. The van der Waals surface area contributed by atoms with Gasteiger partial charge in [0.05, 0.1) is 25.1 Å². The van der Waals surface area contributed by atoms with Gasteiger partial charge in [0.1, 0.15) is 5.02 Å². The minimum Gasteiger partial charge on any atom is -0.378 e. The molecule has 1 aromatic heterocycles. The number of halogens is 1. The molecular weight excluding hydrogens is 218 g/mol. The summed E-state index contributed by atoms with van der Waals surface area (Å²) in [5.74, 6) is 5.66. The molecule has 0 saturated carbocycles. The average molecular weight is 230 g/mol. The van der Waals surface area contributed by atoms with Gasteiger partial charge in [-0.05, 0) is 0 Å². The summed E-state index contributed by atoms with van der Waals surface area (Å²) in [4.78, 5) is 2.10. The first kappa shape index (κ1) is 10.4. The second-order valence-corrected chi connectivity index (χ2v) is 3.51. The van der Waals surface area contributed by atoms with Gasteiger partial charge in [-0.25, -0.2) is 5.84 Å². The van der Waals surface area contributed by atoms with Crippen LogP contribution < -0.4 is 16.2 Å². The molecule has 0 aromatic carbocycles. The first-order valence-electron chi connectivity index (χ1n) is 4.63. The third kappa shape index (κ3) is 2.11. The van der Waals surface area contributed by atoms with Crippen LogP contribution in [0.25, 0.3) is 0 Å². The van der Waals surface area contributed by atoms with Crippen LogP contribution in [0.4, 0.5) is 11.5 Å². The van der Waals surface area contributed by atoms with Crippen molar-refractivity contribution in [1.29, 1.82) is 0 Å². The van der Waals surface area contributed by atoms with E-state index < -0.39 is 0 Å². The first-order chi connectivity index (χ1) is 7.33. The molecule has 2 heterocycles. The lowest BCUT2D eigenvalue weighted by atomic mass is 10.3. The van der Waals surface area contributed by atoms with Gasteiger partial charge < -0.3 is 15.1 Å². The van der Waals surface area contributed by atoms with Crippen LogP contribution in [-0.4, -0.2) is 36.5 Å². The highest BCUT2D eigenvalue weighted by Crippen LogP contribution is 2.29. The minimum atomic E-state index is 0.389. The molecule has 0 bridgehead atoms. The fourth-order valence-electron chi connectivity index (χ4n) is 1.48. The highest BCUT2D eigenvalue weighted by molar-refractivity contribution is 6.35. The van der Waals surface area contributed by atoms with Crippen LogP contribution in [-0.2, 0) is 4.74 Å². The molecular formula is C8H12ClN5O. The third-order valence-corrected chi connectivity index (χ3v) is 2.63. The molecule has 2 rings (SSSR count).